The molecule has 0 aliphatic heterocycles. The van der Waals surface area contributed by atoms with Gasteiger partial charge in [-0.25, -0.2) is 14.4 Å². The number of aryl methyl sites for hydroxylation is 2. The lowest BCUT2D eigenvalue weighted by atomic mass is 10.1. The van der Waals surface area contributed by atoms with Gasteiger partial charge in [0.25, 0.3) is 0 Å². The topological polar surface area (TPSA) is 83.3 Å². The Kier molecular flexibility index (Phi) is 8.22. The molecule has 0 amide bonds. The summed E-state index contributed by atoms with van der Waals surface area (Å²) in [5.74, 6) is 2.62. The summed E-state index contributed by atoms with van der Waals surface area (Å²) in [6.45, 7) is 2.62. The number of halogens is 1. The fourth-order valence-corrected chi connectivity index (χ4v) is 4.25. The predicted octanol–water partition coefficient (Wildman–Crippen LogP) is 5.31. The van der Waals surface area contributed by atoms with Crippen LogP contribution in [-0.2, 0) is 19.9 Å². The molecule has 8 nitrogen and oxygen atoms in total. The molecule has 0 atom stereocenters. The van der Waals surface area contributed by atoms with E-state index in [4.69, 9.17) is 24.2 Å². The first-order valence-corrected chi connectivity index (χ1v) is 12.2. The van der Waals surface area contributed by atoms with Crippen molar-refractivity contribution >= 4 is 29.0 Å². The van der Waals surface area contributed by atoms with Gasteiger partial charge in [-0.3, -0.25) is 4.68 Å². The van der Waals surface area contributed by atoms with Gasteiger partial charge in [-0.2, -0.15) is 5.10 Å². The minimum Gasteiger partial charge on any atom is -0.493 e. The summed E-state index contributed by atoms with van der Waals surface area (Å²) in [5.41, 5.74) is 4.04. The third kappa shape index (κ3) is 5.66. The third-order valence-corrected chi connectivity index (χ3v) is 6.01. The van der Waals surface area contributed by atoms with Crippen LogP contribution in [0.4, 0.5) is 10.2 Å². The van der Waals surface area contributed by atoms with Gasteiger partial charge in [0, 0.05) is 13.6 Å². The fraction of sp³-hybridized carbons (Fsp3) is 0.321. The molecule has 2 heterocycles. The highest BCUT2D eigenvalue weighted by molar-refractivity contribution is 5.89. The molecule has 0 radical (unpaired) electrons. The number of nitrogens with zero attached hydrogens (tertiary/aromatic N) is 4. The van der Waals surface area contributed by atoms with Gasteiger partial charge in [-0.1, -0.05) is 37.6 Å². The van der Waals surface area contributed by atoms with Crippen molar-refractivity contribution in [2.75, 3.05) is 33.2 Å². The molecule has 194 valence electrons. The summed E-state index contributed by atoms with van der Waals surface area (Å²) >= 11 is 0. The van der Waals surface area contributed by atoms with Gasteiger partial charge in [0.05, 0.1) is 27.0 Å². The minimum absolute atomic E-state index is 0.211. The molecule has 2 aromatic carbocycles. The van der Waals surface area contributed by atoms with Gasteiger partial charge < -0.3 is 19.5 Å². The zero-order chi connectivity index (χ0) is 26.4. The first kappa shape index (κ1) is 25.9. The number of ether oxygens (including phenoxy) is 3. The van der Waals surface area contributed by atoms with Crippen molar-refractivity contribution in [3.05, 3.63) is 64.9 Å². The highest BCUT2D eigenvalue weighted by Gasteiger charge is 2.17. The van der Waals surface area contributed by atoms with E-state index < -0.39 is 0 Å². The lowest BCUT2D eigenvalue weighted by Gasteiger charge is -2.13. The molecular formula is C28H32FN5O3. The summed E-state index contributed by atoms with van der Waals surface area (Å²) in [4.78, 5) is 9.59. The smallest absolute Gasteiger partial charge is 0.203 e. The number of benzene rings is 2. The summed E-state index contributed by atoms with van der Waals surface area (Å²) in [6, 6.07) is 10.5. The van der Waals surface area contributed by atoms with Gasteiger partial charge >= 0.3 is 0 Å². The van der Waals surface area contributed by atoms with Crippen molar-refractivity contribution in [1.29, 1.82) is 0 Å². The predicted molar refractivity (Wildman–Crippen MR) is 144 cm³/mol. The lowest BCUT2D eigenvalue weighted by Crippen LogP contribution is -2.10. The molecule has 0 aliphatic carbocycles. The number of methoxy groups -OCH3 is 3. The first-order valence-electron chi connectivity index (χ1n) is 12.2. The third-order valence-electron chi connectivity index (χ3n) is 6.01. The van der Waals surface area contributed by atoms with E-state index in [1.807, 2.05) is 37.4 Å². The highest BCUT2D eigenvalue weighted by Crippen LogP contribution is 2.38. The van der Waals surface area contributed by atoms with Crippen LogP contribution in [0.15, 0.2) is 36.4 Å². The Bertz CT molecular complexity index is 1390. The standard InChI is InChI=1S/C28H32FN5O3/c1-6-9-21-25-26(34(2)33-21)28(30-15-14-19-10-7-8-11-20(19)29)32-24(31-25)13-12-18-16-22(35-3)27(37-5)23(17-18)36-4/h7-8,10-13,16-17H,6,9,14-15H2,1-5H3,(H,30,31,32)/b13-12+. The maximum atomic E-state index is 14.1. The van der Waals surface area contributed by atoms with Crippen molar-refractivity contribution in [3.8, 4) is 17.2 Å². The number of rotatable bonds is 11. The van der Waals surface area contributed by atoms with Gasteiger partial charge in [-0.15, -0.1) is 0 Å². The van der Waals surface area contributed by atoms with Crippen LogP contribution in [0.3, 0.4) is 0 Å². The number of aromatic nitrogens is 4. The monoisotopic (exact) mass is 505 g/mol. The van der Waals surface area contributed by atoms with E-state index in [1.165, 1.54) is 6.07 Å². The molecular weight excluding hydrogens is 473 g/mol. The van der Waals surface area contributed by atoms with Crippen molar-refractivity contribution in [1.82, 2.24) is 19.7 Å². The summed E-state index contributed by atoms with van der Waals surface area (Å²) in [5, 5.41) is 8.07. The summed E-state index contributed by atoms with van der Waals surface area (Å²) < 4.78 is 32.2. The van der Waals surface area contributed by atoms with Gasteiger partial charge in [0.1, 0.15) is 16.9 Å². The molecule has 0 fully saturated rings. The average Bonchev–Trinajstić information content (AvgIpc) is 3.22. The molecule has 0 bridgehead atoms. The Morgan fingerprint density at radius 2 is 1.70 bits per heavy atom. The van der Waals surface area contributed by atoms with Crippen LogP contribution in [0.1, 0.15) is 36.0 Å². The van der Waals surface area contributed by atoms with Crippen molar-refractivity contribution in [2.24, 2.45) is 7.05 Å². The molecule has 0 aliphatic rings. The molecule has 0 spiro atoms. The van der Waals surface area contributed by atoms with E-state index in [-0.39, 0.29) is 5.82 Å². The molecule has 37 heavy (non-hydrogen) atoms. The van der Waals surface area contributed by atoms with Crippen LogP contribution < -0.4 is 19.5 Å². The lowest BCUT2D eigenvalue weighted by molar-refractivity contribution is 0.324. The Hall–Kier alpha value is -4.14. The van der Waals surface area contributed by atoms with E-state index >= 15 is 0 Å². The van der Waals surface area contributed by atoms with Crippen molar-refractivity contribution in [2.45, 2.75) is 26.2 Å². The quantitative estimate of drug-likeness (QED) is 0.296. The van der Waals surface area contributed by atoms with Crippen LogP contribution in [0, 0.1) is 5.82 Å². The van der Waals surface area contributed by atoms with Crippen LogP contribution in [0.5, 0.6) is 17.2 Å². The van der Waals surface area contributed by atoms with Crippen LogP contribution in [0.2, 0.25) is 0 Å². The minimum atomic E-state index is -0.211. The SMILES string of the molecule is CCCc1nn(C)c2c(NCCc3ccccc3F)nc(/C=C/c3cc(OC)c(OC)c(OC)c3)nc12. The Labute approximate surface area is 216 Å². The van der Waals surface area contributed by atoms with E-state index in [1.54, 1.807) is 38.1 Å². The molecule has 2 aromatic heterocycles. The number of fused-ring (bicyclic) bond motifs is 1. The van der Waals surface area contributed by atoms with E-state index in [0.29, 0.717) is 47.4 Å². The maximum absolute atomic E-state index is 14.1. The van der Waals surface area contributed by atoms with Crippen LogP contribution >= 0.6 is 0 Å². The Morgan fingerprint density at radius 1 is 0.973 bits per heavy atom. The van der Waals surface area contributed by atoms with E-state index in [9.17, 15) is 4.39 Å². The molecule has 0 saturated carbocycles. The molecule has 0 unspecified atom stereocenters. The van der Waals surface area contributed by atoms with E-state index in [0.717, 1.165) is 35.1 Å². The van der Waals surface area contributed by atoms with Crippen LogP contribution in [-0.4, -0.2) is 47.6 Å². The number of hydrogen-bond donors (Lipinski definition) is 1. The number of nitrogens with one attached hydrogen (secondary N) is 1. The highest BCUT2D eigenvalue weighted by atomic mass is 19.1. The second-order valence-electron chi connectivity index (χ2n) is 8.51. The Balaban J connectivity index is 1.69. The van der Waals surface area contributed by atoms with Gasteiger partial charge in [-0.05, 0) is 48.2 Å². The number of anilines is 1. The van der Waals surface area contributed by atoms with Gasteiger partial charge in [0.15, 0.2) is 23.1 Å². The zero-order valence-corrected chi connectivity index (χ0v) is 21.8. The largest absolute Gasteiger partial charge is 0.493 e. The zero-order valence-electron chi connectivity index (χ0n) is 21.8. The van der Waals surface area contributed by atoms with Crippen molar-refractivity contribution in [3.63, 3.8) is 0 Å². The fourth-order valence-electron chi connectivity index (χ4n) is 4.25. The van der Waals surface area contributed by atoms with Gasteiger partial charge in [0.2, 0.25) is 5.75 Å². The summed E-state index contributed by atoms with van der Waals surface area (Å²) in [6.07, 6.45) is 6.01. The molecule has 9 heteroatoms. The van der Waals surface area contributed by atoms with E-state index in [2.05, 4.69) is 17.3 Å². The average molecular weight is 506 g/mol. The Morgan fingerprint density at radius 3 is 2.35 bits per heavy atom. The second-order valence-corrected chi connectivity index (χ2v) is 8.51. The maximum Gasteiger partial charge on any atom is 0.203 e. The second kappa shape index (κ2) is 11.7. The molecule has 4 aromatic rings. The molecule has 1 N–H and O–H groups in total. The first-order chi connectivity index (χ1) is 18.0. The van der Waals surface area contributed by atoms with Crippen molar-refractivity contribution < 1.29 is 18.6 Å². The number of hydrogen-bond acceptors (Lipinski definition) is 7. The normalized spacial score (nSPS) is 11.3. The van der Waals surface area contributed by atoms with Crippen LogP contribution in [0.25, 0.3) is 23.2 Å². The molecule has 0 saturated heterocycles. The molecule has 4 rings (SSSR count). The summed E-state index contributed by atoms with van der Waals surface area (Å²) in [7, 11) is 6.62.